The van der Waals surface area contributed by atoms with E-state index in [0.717, 1.165) is 66.0 Å². The number of amides is 2. The molecule has 0 unspecified atom stereocenters. The van der Waals surface area contributed by atoms with E-state index in [1.54, 1.807) is 0 Å². The van der Waals surface area contributed by atoms with Crippen LogP contribution in [-0.2, 0) is 34.8 Å². The van der Waals surface area contributed by atoms with Crippen molar-refractivity contribution < 1.29 is 18.5 Å². The highest BCUT2D eigenvalue weighted by Crippen LogP contribution is 2.41. The van der Waals surface area contributed by atoms with E-state index in [1.807, 2.05) is 0 Å². The second kappa shape index (κ2) is 7.37. The predicted molar refractivity (Wildman–Crippen MR) is 115 cm³/mol. The molecule has 2 atom stereocenters. The maximum atomic E-state index is 14.7. The van der Waals surface area contributed by atoms with Gasteiger partial charge in [-0.2, -0.15) is 0 Å². The normalized spacial score (nSPS) is 19.9. The molecule has 0 spiro atoms. The Morgan fingerprint density at radius 3 is 2.80 bits per heavy atom. The molecule has 0 aliphatic heterocycles. The molecule has 0 aromatic carbocycles. The number of carbonyl (C=O) groups is 1. The fourth-order valence-electron chi connectivity index (χ4n) is 4.18. The Labute approximate surface area is 179 Å². The molecule has 4 rings (SSSR count). The summed E-state index contributed by atoms with van der Waals surface area (Å²) < 4.78 is 30.9. The van der Waals surface area contributed by atoms with Gasteiger partial charge in [0, 0.05) is 22.3 Å². The van der Waals surface area contributed by atoms with Crippen LogP contribution >= 0.6 is 11.3 Å². The SMILES string of the molecule is C[C@@H]1CCc2c1nc1c(c2NC(=O)N=[S@](N)(=O)c2scc(C(C)(C)O)c2F)CCC1. The lowest BCUT2D eigenvalue weighted by atomic mass is 10.0. The Hall–Kier alpha value is -1.88. The first-order chi connectivity index (χ1) is 14.0. The number of aryl methyl sites for hydroxylation is 1. The predicted octanol–water partition coefficient (Wildman–Crippen LogP) is 3.98. The van der Waals surface area contributed by atoms with E-state index in [-0.39, 0.29) is 9.77 Å². The molecule has 2 amide bonds. The maximum absolute atomic E-state index is 14.7. The second-order valence-electron chi connectivity index (χ2n) is 8.47. The minimum Gasteiger partial charge on any atom is -0.386 e. The Kier molecular flexibility index (Phi) is 5.24. The van der Waals surface area contributed by atoms with Crippen molar-refractivity contribution in [3.05, 3.63) is 39.3 Å². The van der Waals surface area contributed by atoms with Crippen LogP contribution in [-0.4, -0.2) is 20.3 Å². The van der Waals surface area contributed by atoms with E-state index in [2.05, 4.69) is 16.6 Å². The Morgan fingerprint density at radius 2 is 2.13 bits per heavy atom. The molecule has 0 bridgehead atoms. The van der Waals surface area contributed by atoms with Gasteiger partial charge in [-0.25, -0.2) is 18.5 Å². The first-order valence-corrected chi connectivity index (χ1v) is 12.3. The largest absolute Gasteiger partial charge is 0.386 e. The number of nitrogens with one attached hydrogen (secondary N) is 1. The summed E-state index contributed by atoms with van der Waals surface area (Å²) >= 11 is 0.780. The van der Waals surface area contributed by atoms with Crippen LogP contribution in [0.4, 0.5) is 14.9 Å². The number of thiophene rings is 1. The number of fused-ring (bicyclic) bond motifs is 2. The molecule has 4 N–H and O–H groups in total. The fraction of sp³-hybridized carbons (Fsp3) is 0.500. The topological polar surface area (TPSA) is 118 Å². The van der Waals surface area contributed by atoms with Gasteiger partial charge in [0.1, 0.15) is 0 Å². The molecule has 2 aromatic heterocycles. The third-order valence-corrected chi connectivity index (χ3v) is 8.63. The maximum Gasteiger partial charge on any atom is 0.354 e. The number of aromatic nitrogens is 1. The summed E-state index contributed by atoms with van der Waals surface area (Å²) in [6.07, 6.45) is 4.40. The summed E-state index contributed by atoms with van der Waals surface area (Å²) in [5, 5.41) is 19.9. The number of aliphatic hydroxyl groups is 1. The monoisotopic (exact) mass is 452 g/mol. The van der Waals surface area contributed by atoms with Crippen molar-refractivity contribution in [1.82, 2.24) is 4.98 Å². The van der Waals surface area contributed by atoms with Gasteiger partial charge in [-0.05, 0) is 63.0 Å². The number of pyridine rings is 1. The van der Waals surface area contributed by atoms with Gasteiger partial charge in [0.2, 0.25) is 0 Å². The van der Waals surface area contributed by atoms with E-state index < -0.39 is 27.4 Å². The number of anilines is 1. The van der Waals surface area contributed by atoms with Crippen molar-refractivity contribution in [3.8, 4) is 0 Å². The van der Waals surface area contributed by atoms with Crippen LogP contribution in [0.3, 0.4) is 0 Å². The highest BCUT2D eigenvalue weighted by molar-refractivity contribution is 7.93. The summed E-state index contributed by atoms with van der Waals surface area (Å²) in [5.41, 5.74) is 3.19. The van der Waals surface area contributed by atoms with E-state index in [4.69, 9.17) is 10.1 Å². The van der Waals surface area contributed by atoms with Crippen molar-refractivity contribution in [2.45, 2.75) is 68.6 Å². The van der Waals surface area contributed by atoms with Crippen LogP contribution in [0, 0.1) is 5.82 Å². The van der Waals surface area contributed by atoms with E-state index in [9.17, 15) is 18.5 Å². The molecule has 0 fully saturated rings. The number of nitrogens with two attached hydrogens (primary N) is 1. The molecule has 2 aromatic rings. The number of carbonyl (C=O) groups excluding carboxylic acids is 1. The van der Waals surface area contributed by atoms with Crippen LogP contribution in [0.5, 0.6) is 0 Å². The van der Waals surface area contributed by atoms with Gasteiger partial charge in [-0.1, -0.05) is 6.92 Å². The van der Waals surface area contributed by atoms with E-state index in [0.29, 0.717) is 11.6 Å². The number of halogens is 1. The number of urea groups is 1. The molecule has 7 nitrogen and oxygen atoms in total. The average molecular weight is 453 g/mol. The first kappa shape index (κ1) is 21.4. The summed E-state index contributed by atoms with van der Waals surface area (Å²) in [5.74, 6) is -0.575. The number of nitrogens with zero attached hydrogens (tertiary/aromatic N) is 2. The van der Waals surface area contributed by atoms with Crippen molar-refractivity contribution >= 4 is 33.0 Å². The summed E-state index contributed by atoms with van der Waals surface area (Å²) in [6, 6.07) is -0.873. The van der Waals surface area contributed by atoms with Crippen molar-refractivity contribution in [2.75, 3.05) is 5.32 Å². The van der Waals surface area contributed by atoms with Crippen molar-refractivity contribution in [3.63, 3.8) is 0 Å². The van der Waals surface area contributed by atoms with Crippen LogP contribution in [0.2, 0.25) is 0 Å². The van der Waals surface area contributed by atoms with Crippen molar-refractivity contribution in [1.29, 1.82) is 0 Å². The number of hydrogen-bond acceptors (Lipinski definition) is 5. The molecular formula is C20H25FN4O3S2. The third kappa shape index (κ3) is 3.66. The van der Waals surface area contributed by atoms with Crippen molar-refractivity contribution in [2.24, 2.45) is 9.50 Å². The minimum absolute atomic E-state index is 0.0324. The Balaban J connectivity index is 1.69. The van der Waals surface area contributed by atoms with Gasteiger partial charge in [0.05, 0.1) is 11.3 Å². The average Bonchev–Trinajstić information content (AvgIpc) is 3.33. The van der Waals surface area contributed by atoms with Gasteiger partial charge in [0.15, 0.2) is 19.9 Å². The van der Waals surface area contributed by atoms with Crippen LogP contribution in [0.15, 0.2) is 14.0 Å². The van der Waals surface area contributed by atoms with Crippen LogP contribution < -0.4 is 10.5 Å². The molecule has 2 heterocycles. The molecule has 30 heavy (non-hydrogen) atoms. The molecule has 0 radical (unpaired) electrons. The third-order valence-electron chi connectivity index (χ3n) is 5.73. The lowest BCUT2D eigenvalue weighted by molar-refractivity contribution is 0.0748. The zero-order valence-electron chi connectivity index (χ0n) is 17.1. The summed E-state index contributed by atoms with van der Waals surface area (Å²) in [6.45, 7) is 4.94. The lowest BCUT2D eigenvalue weighted by Gasteiger charge is -2.16. The van der Waals surface area contributed by atoms with Crippen LogP contribution in [0.1, 0.15) is 67.6 Å². The molecule has 162 valence electrons. The van der Waals surface area contributed by atoms with Crippen LogP contribution in [0.25, 0.3) is 0 Å². The molecule has 0 saturated heterocycles. The highest BCUT2D eigenvalue weighted by atomic mass is 32.2. The Morgan fingerprint density at radius 1 is 1.40 bits per heavy atom. The molecule has 2 aliphatic carbocycles. The lowest BCUT2D eigenvalue weighted by Crippen LogP contribution is -2.20. The first-order valence-electron chi connectivity index (χ1n) is 9.89. The molecule has 0 saturated carbocycles. The smallest absolute Gasteiger partial charge is 0.354 e. The van der Waals surface area contributed by atoms with E-state index >= 15 is 0 Å². The zero-order chi connectivity index (χ0) is 21.8. The van der Waals surface area contributed by atoms with Gasteiger partial charge in [-0.3, -0.25) is 4.98 Å². The quantitative estimate of drug-likeness (QED) is 0.653. The molecule has 10 heteroatoms. The molecule has 2 aliphatic rings. The molecular weight excluding hydrogens is 427 g/mol. The summed E-state index contributed by atoms with van der Waals surface area (Å²) in [7, 11) is -3.81. The van der Waals surface area contributed by atoms with Gasteiger partial charge in [-0.15, -0.1) is 15.7 Å². The highest BCUT2D eigenvalue weighted by Gasteiger charge is 2.31. The minimum atomic E-state index is -3.81. The standard InChI is InChI=1S/C20H25FN4O3S2/c1-10-7-8-12-16(10)23-14-6-4-5-11(14)17(12)24-19(26)25-30(22,28)18-15(21)13(9-29-18)20(2,3)27/h9-10,27H,4-8H2,1-3H3,(H3,22,23,24,25,26,28)/t10-,30+/m1/s1. The fourth-order valence-corrected chi connectivity index (χ4v) is 6.56. The second-order valence-corrected chi connectivity index (χ2v) is 11.3. The number of rotatable bonds is 3. The van der Waals surface area contributed by atoms with Gasteiger partial charge < -0.3 is 10.4 Å². The summed E-state index contributed by atoms with van der Waals surface area (Å²) in [4.78, 5) is 17.5. The van der Waals surface area contributed by atoms with Gasteiger partial charge >= 0.3 is 6.03 Å². The zero-order valence-corrected chi connectivity index (χ0v) is 18.8. The Bertz CT molecular complexity index is 1160. The van der Waals surface area contributed by atoms with E-state index in [1.165, 1.54) is 19.2 Å². The van der Waals surface area contributed by atoms with Gasteiger partial charge in [0.25, 0.3) is 0 Å². The number of hydrogen-bond donors (Lipinski definition) is 3.